The predicted molar refractivity (Wildman–Crippen MR) is 73.3 cm³/mol. The van der Waals surface area contributed by atoms with E-state index in [-0.39, 0.29) is 6.04 Å². The van der Waals surface area contributed by atoms with Crippen molar-refractivity contribution < 1.29 is 8.78 Å². The molecular weight excluding hydrogens is 266 g/mol. The Hall–Kier alpha value is -1.33. The van der Waals surface area contributed by atoms with Crippen LogP contribution in [0.2, 0.25) is 0 Å². The summed E-state index contributed by atoms with van der Waals surface area (Å²) < 4.78 is 25.9. The van der Waals surface area contributed by atoms with Crippen molar-refractivity contribution in [1.29, 1.82) is 0 Å². The van der Waals surface area contributed by atoms with E-state index in [1.165, 1.54) is 10.9 Å². The van der Waals surface area contributed by atoms with Gasteiger partial charge in [-0.3, -0.25) is 0 Å². The lowest BCUT2D eigenvalue weighted by Gasteiger charge is -2.10. The maximum absolute atomic E-state index is 13.1. The molecule has 1 atom stereocenters. The monoisotopic (exact) mass is 282 g/mol. The van der Waals surface area contributed by atoms with Crippen LogP contribution >= 0.6 is 11.3 Å². The first kappa shape index (κ1) is 14.1. The first-order chi connectivity index (χ1) is 8.95. The third kappa shape index (κ3) is 3.58. The SMILES string of the molecule is Cc1nc(CC(N)Cc2ccc(F)c(F)c2)sc1C. The van der Waals surface area contributed by atoms with E-state index in [1.54, 1.807) is 17.4 Å². The number of hydrogen-bond donors (Lipinski definition) is 1. The van der Waals surface area contributed by atoms with Crippen molar-refractivity contribution in [3.63, 3.8) is 0 Å². The molecule has 0 aliphatic rings. The summed E-state index contributed by atoms with van der Waals surface area (Å²) in [4.78, 5) is 5.62. The van der Waals surface area contributed by atoms with Crippen LogP contribution in [0.25, 0.3) is 0 Å². The summed E-state index contributed by atoms with van der Waals surface area (Å²) in [6.45, 7) is 3.99. The van der Waals surface area contributed by atoms with Gasteiger partial charge in [0.05, 0.1) is 10.7 Å². The lowest BCUT2D eigenvalue weighted by atomic mass is 10.0. The fourth-order valence-corrected chi connectivity index (χ4v) is 2.92. The van der Waals surface area contributed by atoms with Crippen molar-refractivity contribution in [3.8, 4) is 0 Å². The molecule has 0 bridgehead atoms. The van der Waals surface area contributed by atoms with E-state index in [0.717, 1.165) is 16.8 Å². The smallest absolute Gasteiger partial charge is 0.159 e. The van der Waals surface area contributed by atoms with E-state index < -0.39 is 11.6 Å². The average molecular weight is 282 g/mol. The highest BCUT2D eigenvalue weighted by Crippen LogP contribution is 2.18. The van der Waals surface area contributed by atoms with Crippen molar-refractivity contribution in [2.75, 3.05) is 0 Å². The predicted octanol–water partition coefficient (Wildman–Crippen LogP) is 3.15. The zero-order valence-electron chi connectivity index (χ0n) is 10.9. The largest absolute Gasteiger partial charge is 0.327 e. The van der Waals surface area contributed by atoms with Gasteiger partial charge in [0.25, 0.3) is 0 Å². The van der Waals surface area contributed by atoms with Crippen LogP contribution in [-0.4, -0.2) is 11.0 Å². The third-order valence-electron chi connectivity index (χ3n) is 2.99. The molecule has 2 rings (SSSR count). The van der Waals surface area contributed by atoms with Gasteiger partial charge in [0.1, 0.15) is 0 Å². The molecule has 1 heterocycles. The van der Waals surface area contributed by atoms with E-state index in [4.69, 9.17) is 5.73 Å². The summed E-state index contributed by atoms with van der Waals surface area (Å²) in [5, 5.41) is 0.991. The lowest BCUT2D eigenvalue weighted by Crippen LogP contribution is -2.25. The fourth-order valence-electron chi connectivity index (χ4n) is 1.89. The summed E-state index contributed by atoms with van der Waals surface area (Å²) in [7, 11) is 0. The van der Waals surface area contributed by atoms with Gasteiger partial charge in [-0.25, -0.2) is 13.8 Å². The Morgan fingerprint density at radius 1 is 1.21 bits per heavy atom. The molecule has 0 saturated heterocycles. The Balaban J connectivity index is 2.00. The topological polar surface area (TPSA) is 38.9 Å². The van der Waals surface area contributed by atoms with Crippen LogP contribution in [0.1, 0.15) is 21.1 Å². The van der Waals surface area contributed by atoms with Crippen LogP contribution in [0.15, 0.2) is 18.2 Å². The van der Waals surface area contributed by atoms with Gasteiger partial charge in [0.2, 0.25) is 0 Å². The molecule has 0 spiro atoms. The normalized spacial score (nSPS) is 12.7. The number of thiazole rings is 1. The van der Waals surface area contributed by atoms with Crippen molar-refractivity contribution in [2.45, 2.75) is 32.7 Å². The molecule has 0 amide bonds. The third-order valence-corrected chi connectivity index (χ3v) is 4.09. The van der Waals surface area contributed by atoms with Crippen LogP contribution < -0.4 is 5.73 Å². The highest BCUT2D eigenvalue weighted by molar-refractivity contribution is 7.11. The minimum absolute atomic E-state index is 0.144. The van der Waals surface area contributed by atoms with Crippen molar-refractivity contribution in [2.24, 2.45) is 5.73 Å². The molecule has 1 unspecified atom stereocenters. The molecule has 19 heavy (non-hydrogen) atoms. The molecule has 1 aromatic carbocycles. The highest BCUT2D eigenvalue weighted by atomic mass is 32.1. The second-order valence-electron chi connectivity index (χ2n) is 4.67. The molecule has 2 aromatic rings. The van der Waals surface area contributed by atoms with Gasteiger partial charge in [-0.15, -0.1) is 11.3 Å². The van der Waals surface area contributed by atoms with Gasteiger partial charge in [-0.1, -0.05) is 6.07 Å². The average Bonchev–Trinajstić information content (AvgIpc) is 2.63. The second kappa shape index (κ2) is 5.75. The number of aryl methyl sites for hydroxylation is 2. The van der Waals surface area contributed by atoms with Crippen LogP contribution in [0.5, 0.6) is 0 Å². The van der Waals surface area contributed by atoms with Gasteiger partial charge < -0.3 is 5.73 Å². The first-order valence-electron chi connectivity index (χ1n) is 6.08. The molecule has 0 saturated carbocycles. The van der Waals surface area contributed by atoms with Crippen LogP contribution in [-0.2, 0) is 12.8 Å². The van der Waals surface area contributed by atoms with Crippen molar-refractivity contribution >= 4 is 11.3 Å². The second-order valence-corrected chi connectivity index (χ2v) is 5.95. The number of rotatable bonds is 4. The van der Waals surface area contributed by atoms with Gasteiger partial charge in [-0.05, 0) is 38.0 Å². The molecule has 1 aromatic heterocycles. The number of benzene rings is 1. The molecule has 0 fully saturated rings. The molecule has 2 N–H and O–H groups in total. The summed E-state index contributed by atoms with van der Waals surface area (Å²) in [6.07, 6.45) is 1.16. The number of nitrogens with two attached hydrogens (primary N) is 1. The Labute approximate surface area is 115 Å². The quantitative estimate of drug-likeness (QED) is 0.935. The molecule has 0 aliphatic heterocycles. The molecule has 0 radical (unpaired) electrons. The van der Waals surface area contributed by atoms with Crippen LogP contribution in [0.4, 0.5) is 8.78 Å². The summed E-state index contributed by atoms with van der Waals surface area (Å²) in [6, 6.07) is 3.76. The van der Waals surface area contributed by atoms with Crippen LogP contribution in [0, 0.1) is 25.5 Å². The lowest BCUT2D eigenvalue weighted by molar-refractivity contribution is 0.506. The minimum Gasteiger partial charge on any atom is -0.327 e. The number of hydrogen-bond acceptors (Lipinski definition) is 3. The standard InChI is InChI=1S/C14H16F2N2S/c1-8-9(2)19-14(18-8)7-11(17)5-10-3-4-12(15)13(16)6-10/h3-4,6,11H,5,7,17H2,1-2H3. The van der Waals surface area contributed by atoms with Gasteiger partial charge in [0.15, 0.2) is 11.6 Å². The Morgan fingerprint density at radius 3 is 2.53 bits per heavy atom. The zero-order chi connectivity index (χ0) is 14.0. The Kier molecular flexibility index (Phi) is 4.27. The maximum atomic E-state index is 13.1. The fraction of sp³-hybridized carbons (Fsp3) is 0.357. The number of aromatic nitrogens is 1. The molecule has 5 heteroatoms. The first-order valence-corrected chi connectivity index (χ1v) is 6.89. The highest BCUT2D eigenvalue weighted by Gasteiger charge is 2.11. The van der Waals surface area contributed by atoms with E-state index in [9.17, 15) is 8.78 Å². The number of nitrogens with zero attached hydrogens (tertiary/aromatic N) is 1. The van der Waals surface area contributed by atoms with E-state index in [1.807, 2.05) is 13.8 Å². The van der Waals surface area contributed by atoms with E-state index >= 15 is 0 Å². The summed E-state index contributed by atoms with van der Waals surface area (Å²) >= 11 is 1.63. The van der Waals surface area contributed by atoms with E-state index in [2.05, 4.69) is 4.98 Å². The maximum Gasteiger partial charge on any atom is 0.159 e. The number of halogens is 2. The van der Waals surface area contributed by atoms with Crippen molar-refractivity contribution in [3.05, 3.63) is 51.0 Å². The minimum atomic E-state index is -0.830. The van der Waals surface area contributed by atoms with Crippen LogP contribution in [0.3, 0.4) is 0 Å². The summed E-state index contributed by atoms with van der Waals surface area (Å²) in [5.41, 5.74) is 7.77. The summed E-state index contributed by atoms with van der Waals surface area (Å²) in [5.74, 6) is -1.66. The van der Waals surface area contributed by atoms with Crippen molar-refractivity contribution in [1.82, 2.24) is 4.98 Å². The van der Waals surface area contributed by atoms with Gasteiger partial charge >= 0.3 is 0 Å². The molecular formula is C14H16F2N2S. The molecule has 0 aliphatic carbocycles. The Morgan fingerprint density at radius 2 is 1.95 bits per heavy atom. The molecule has 2 nitrogen and oxygen atoms in total. The molecule has 102 valence electrons. The van der Waals surface area contributed by atoms with Gasteiger partial charge in [0, 0.05) is 17.3 Å². The van der Waals surface area contributed by atoms with E-state index in [0.29, 0.717) is 18.4 Å². The zero-order valence-corrected chi connectivity index (χ0v) is 11.7. The Bertz CT molecular complexity index is 561. The van der Waals surface area contributed by atoms with Gasteiger partial charge in [-0.2, -0.15) is 0 Å².